The van der Waals surface area contributed by atoms with Crippen molar-refractivity contribution in [1.82, 2.24) is 30.3 Å². The first-order valence-electron chi connectivity index (χ1n) is 16.4. The van der Waals surface area contributed by atoms with Gasteiger partial charge in [0, 0.05) is 94.7 Å². The number of amides is 1. The molecule has 3 N–H and O–H groups in total. The molecule has 4 aromatic rings. The smallest absolute Gasteiger partial charge is 0.406 e. The SMILES string of the molecule is Cc1ccccc1CN1CCN(Cc2ccc3c(c2)c(-c2ccc(OC(F)(F)F)cc2)cn3CCCNC(=O)C2CNCCN2)CC1. The van der Waals surface area contributed by atoms with Crippen LogP contribution in [0.2, 0.25) is 0 Å². The number of carbonyl (C=O) groups excluding carboxylic acids is 1. The Kier molecular flexibility index (Phi) is 10.5. The topological polar surface area (TPSA) is 73.8 Å². The zero-order valence-electron chi connectivity index (χ0n) is 26.8. The van der Waals surface area contributed by atoms with Crippen molar-refractivity contribution in [1.29, 1.82) is 0 Å². The number of hydrogen-bond acceptors (Lipinski definition) is 6. The molecule has 1 atom stereocenters. The summed E-state index contributed by atoms with van der Waals surface area (Å²) >= 11 is 0. The number of benzene rings is 3. The zero-order valence-corrected chi connectivity index (χ0v) is 26.8. The highest BCUT2D eigenvalue weighted by Gasteiger charge is 2.31. The van der Waals surface area contributed by atoms with Gasteiger partial charge in [0.15, 0.2) is 0 Å². The first-order chi connectivity index (χ1) is 22.7. The van der Waals surface area contributed by atoms with Crippen LogP contribution in [0.5, 0.6) is 5.75 Å². The molecule has 11 heteroatoms. The lowest BCUT2D eigenvalue weighted by Crippen LogP contribution is -2.55. The molecular weight excluding hydrogens is 605 g/mol. The summed E-state index contributed by atoms with van der Waals surface area (Å²) in [5.41, 5.74) is 6.71. The summed E-state index contributed by atoms with van der Waals surface area (Å²) in [5, 5.41) is 10.5. The summed E-state index contributed by atoms with van der Waals surface area (Å²) in [6.07, 6.45) is -1.94. The Morgan fingerprint density at radius 3 is 2.40 bits per heavy atom. The van der Waals surface area contributed by atoms with E-state index < -0.39 is 6.36 Å². The van der Waals surface area contributed by atoms with Crippen molar-refractivity contribution in [3.63, 3.8) is 0 Å². The second-order valence-electron chi connectivity index (χ2n) is 12.5. The van der Waals surface area contributed by atoms with Crippen molar-refractivity contribution >= 4 is 16.8 Å². The largest absolute Gasteiger partial charge is 0.573 e. The third kappa shape index (κ3) is 8.72. The van der Waals surface area contributed by atoms with Crippen LogP contribution in [0.1, 0.15) is 23.1 Å². The van der Waals surface area contributed by atoms with Gasteiger partial charge in [-0.1, -0.05) is 42.5 Å². The first-order valence-corrected chi connectivity index (χ1v) is 16.4. The lowest BCUT2D eigenvalue weighted by molar-refractivity contribution is -0.274. The molecule has 0 spiro atoms. The van der Waals surface area contributed by atoms with Crippen molar-refractivity contribution in [2.75, 3.05) is 52.4 Å². The number of fused-ring (bicyclic) bond motifs is 1. The zero-order chi connectivity index (χ0) is 32.8. The number of aromatic nitrogens is 1. The summed E-state index contributed by atoms with van der Waals surface area (Å²) < 4.78 is 44.6. The number of aryl methyl sites for hydroxylation is 2. The number of nitrogens with zero attached hydrogens (tertiary/aromatic N) is 3. The standard InChI is InChI=1S/C36H43F3N6O2/c1-26-5-2-3-6-29(26)24-44-19-17-43(18-20-44)23-27-7-12-34-31(21-27)32(28-8-10-30(11-9-28)47-36(37,38)39)25-45(34)16-4-13-42-35(46)33-22-40-14-15-41-33/h2-3,5-12,21,25,33,40-41H,4,13-20,22-24H2,1H3,(H,42,46). The predicted octanol–water partition coefficient (Wildman–Crippen LogP) is 4.90. The molecule has 2 fully saturated rings. The molecule has 0 bridgehead atoms. The highest BCUT2D eigenvalue weighted by molar-refractivity contribution is 5.96. The molecule has 2 saturated heterocycles. The molecule has 1 aromatic heterocycles. The molecule has 0 aliphatic carbocycles. The van der Waals surface area contributed by atoms with Gasteiger partial charge in [-0.3, -0.25) is 14.6 Å². The van der Waals surface area contributed by atoms with E-state index in [1.54, 1.807) is 12.1 Å². The van der Waals surface area contributed by atoms with Crippen molar-refractivity contribution in [2.24, 2.45) is 0 Å². The summed E-state index contributed by atoms with van der Waals surface area (Å²) in [6, 6.07) is 20.9. The van der Waals surface area contributed by atoms with Crippen molar-refractivity contribution < 1.29 is 22.7 Å². The van der Waals surface area contributed by atoms with Crippen LogP contribution < -0.4 is 20.7 Å². The Hall–Kier alpha value is -3.90. The Morgan fingerprint density at radius 1 is 0.957 bits per heavy atom. The van der Waals surface area contributed by atoms with E-state index in [9.17, 15) is 18.0 Å². The first kappa shape index (κ1) is 33.0. The van der Waals surface area contributed by atoms with E-state index in [0.29, 0.717) is 19.6 Å². The van der Waals surface area contributed by atoms with Gasteiger partial charge in [0.2, 0.25) is 5.91 Å². The maximum Gasteiger partial charge on any atom is 0.573 e. The molecule has 3 heterocycles. The average molecular weight is 649 g/mol. The number of carbonyl (C=O) groups is 1. The summed E-state index contributed by atoms with van der Waals surface area (Å²) in [6.45, 7) is 11.4. The van der Waals surface area contributed by atoms with Gasteiger partial charge in [0.05, 0.1) is 6.04 Å². The summed E-state index contributed by atoms with van der Waals surface area (Å²) in [4.78, 5) is 17.5. The van der Waals surface area contributed by atoms with Gasteiger partial charge in [-0.25, -0.2) is 0 Å². The van der Waals surface area contributed by atoms with Crippen LogP contribution in [0.25, 0.3) is 22.0 Å². The molecule has 0 radical (unpaired) electrons. The van der Waals surface area contributed by atoms with Gasteiger partial charge < -0.3 is 25.3 Å². The average Bonchev–Trinajstić information content (AvgIpc) is 3.42. The van der Waals surface area contributed by atoms with Gasteiger partial charge in [0.1, 0.15) is 5.75 Å². The molecule has 0 saturated carbocycles. The fourth-order valence-electron chi connectivity index (χ4n) is 6.51. The van der Waals surface area contributed by atoms with Crippen LogP contribution in [0.15, 0.2) is 72.9 Å². The quantitative estimate of drug-likeness (QED) is 0.201. The summed E-state index contributed by atoms with van der Waals surface area (Å²) in [7, 11) is 0. The lowest BCUT2D eigenvalue weighted by Gasteiger charge is -2.35. The highest BCUT2D eigenvalue weighted by Crippen LogP contribution is 2.34. The van der Waals surface area contributed by atoms with E-state index in [-0.39, 0.29) is 17.7 Å². The Labute approximate surface area is 273 Å². The number of ether oxygens (including phenoxy) is 1. The number of rotatable bonds is 11. The molecular formula is C36H43F3N6O2. The molecule has 6 rings (SSSR count). The van der Waals surface area contributed by atoms with Crippen LogP contribution in [-0.2, 0) is 24.4 Å². The second kappa shape index (κ2) is 14.9. The van der Waals surface area contributed by atoms with E-state index in [1.165, 1.54) is 28.8 Å². The van der Waals surface area contributed by atoms with Crippen molar-refractivity contribution in [3.05, 3.63) is 89.6 Å². The normalized spacial score (nSPS) is 18.0. The van der Waals surface area contributed by atoms with Gasteiger partial charge in [-0.2, -0.15) is 0 Å². The van der Waals surface area contributed by atoms with Crippen molar-refractivity contribution in [3.8, 4) is 16.9 Å². The second-order valence-corrected chi connectivity index (χ2v) is 12.5. The fourth-order valence-corrected chi connectivity index (χ4v) is 6.51. The molecule has 8 nitrogen and oxygen atoms in total. The Morgan fingerprint density at radius 2 is 1.70 bits per heavy atom. The van der Waals surface area contributed by atoms with Crippen molar-refractivity contribution in [2.45, 2.75) is 45.4 Å². The number of piperazine rings is 2. The fraction of sp³-hybridized carbons (Fsp3) is 0.417. The maximum atomic E-state index is 12.8. The number of nitrogens with one attached hydrogen (secondary N) is 3. The Bertz CT molecular complexity index is 1640. The lowest BCUT2D eigenvalue weighted by atomic mass is 10.0. The minimum absolute atomic E-state index is 0.00271. The van der Waals surface area contributed by atoms with E-state index in [1.807, 2.05) is 0 Å². The van der Waals surface area contributed by atoms with Gasteiger partial charge in [0.25, 0.3) is 0 Å². The number of alkyl halides is 3. The summed E-state index contributed by atoms with van der Waals surface area (Å²) in [5.74, 6) is -0.247. The maximum absolute atomic E-state index is 12.8. The number of halogens is 3. The van der Waals surface area contributed by atoms with E-state index in [2.05, 4.69) is 90.6 Å². The van der Waals surface area contributed by atoms with E-state index >= 15 is 0 Å². The van der Waals surface area contributed by atoms with Crippen LogP contribution in [-0.4, -0.2) is 85.0 Å². The predicted molar refractivity (Wildman–Crippen MR) is 178 cm³/mol. The minimum Gasteiger partial charge on any atom is -0.406 e. The third-order valence-electron chi connectivity index (χ3n) is 9.10. The van der Waals surface area contributed by atoms with E-state index in [4.69, 9.17) is 0 Å². The molecule has 1 amide bonds. The van der Waals surface area contributed by atoms with Crippen LogP contribution in [0, 0.1) is 6.92 Å². The third-order valence-corrected chi connectivity index (χ3v) is 9.10. The molecule has 2 aliphatic rings. The molecule has 1 unspecified atom stereocenters. The van der Waals surface area contributed by atoms with Crippen LogP contribution in [0.4, 0.5) is 13.2 Å². The van der Waals surface area contributed by atoms with Crippen LogP contribution >= 0.6 is 0 Å². The monoisotopic (exact) mass is 648 g/mol. The number of hydrogen-bond donors (Lipinski definition) is 3. The van der Waals surface area contributed by atoms with Gasteiger partial charge >= 0.3 is 6.36 Å². The Balaban J connectivity index is 1.15. The molecule has 3 aromatic carbocycles. The van der Waals surface area contributed by atoms with Gasteiger partial charge in [-0.05, 0) is 59.9 Å². The molecule has 2 aliphatic heterocycles. The van der Waals surface area contributed by atoms with E-state index in [0.717, 1.165) is 80.8 Å². The highest BCUT2D eigenvalue weighted by atomic mass is 19.4. The molecule has 47 heavy (non-hydrogen) atoms. The minimum atomic E-state index is -4.74. The van der Waals surface area contributed by atoms with Gasteiger partial charge in [-0.15, -0.1) is 13.2 Å². The molecule has 250 valence electrons. The van der Waals surface area contributed by atoms with Crippen LogP contribution in [0.3, 0.4) is 0 Å².